The van der Waals surface area contributed by atoms with Gasteiger partial charge >= 0.3 is 0 Å². The van der Waals surface area contributed by atoms with Gasteiger partial charge in [0.05, 0.1) is 5.02 Å². The van der Waals surface area contributed by atoms with Crippen LogP contribution in [0.2, 0.25) is 5.02 Å². The van der Waals surface area contributed by atoms with Crippen molar-refractivity contribution in [2.75, 3.05) is 0 Å². The number of halogens is 2. The minimum atomic E-state index is 0.626. The van der Waals surface area contributed by atoms with E-state index in [1.807, 2.05) is 22.8 Å². The number of aromatic nitrogens is 3. The first-order chi connectivity index (χ1) is 8.13. The Morgan fingerprint density at radius 3 is 2.94 bits per heavy atom. The molecule has 2 rings (SSSR count). The van der Waals surface area contributed by atoms with Crippen molar-refractivity contribution >= 4 is 39.7 Å². The van der Waals surface area contributed by atoms with Crippen LogP contribution < -0.4 is 0 Å². The molecule has 1 heterocycles. The van der Waals surface area contributed by atoms with Crippen molar-refractivity contribution in [2.24, 2.45) is 0 Å². The van der Waals surface area contributed by atoms with Crippen LogP contribution >= 0.6 is 39.7 Å². The Labute approximate surface area is 118 Å². The van der Waals surface area contributed by atoms with Gasteiger partial charge in [-0.15, -0.1) is 0 Å². The fourth-order valence-corrected chi connectivity index (χ4v) is 2.61. The Morgan fingerprint density at radius 1 is 1.53 bits per heavy atom. The highest BCUT2D eigenvalue weighted by molar-refractivity contribution is 9.10. The molecular formula is C11H11BrClN3S. The van der Waals surface area contributed by atoms with E-state index >= 15 is 0 Å². The number of benzene rings is 1. The number of hydrogen-bond donors (Lipinski definition) is 1. The fourth-order valence-electron chi connectivity index (χ4n) is 1.63. The summed E-state index contributed by atoms with van der Waals surface area (Å²) in [5.74, 6) is 0.786. The second-order valence-electron chi connectivity index (χ2n) is 3.63. The van der Waals surface area contributed by atoms with Gasteiger partial charge in [0.1, 0.15) is 0 Å². The lowest BCUT2D eigenvalue weighted by molar-refractivity contribution is 0.675. The highest BCUT2D eigenvalue weighted by Crippen LogP contribution is 2.29. The fraction of sp³-hybridized carbons (Fsp3) is 0.273. The molecule has 0 bridgehead atoms. The summed E-state index contributed by atoms with van der Waals surface area (Å²) in [6.45, 7) is 2.93. The minimum absolute atomic E-state index is 0.626. The Hall–Kier alpha value is -0.650. The van der Waals surface area contributed by atoms with Gasteiger partial charge in [-0.25, -0.2) is 0 Å². The SMILES string of the molecule is CCCn1c(-c2ccc(Br)cc2Cl)n[nH]c1=S. The third-order valence-electron chi connectivity index (χ3n) is 2.38. The maximum atomic E-state index is 6.21. The number of H-pyrrole nitrogens is 1. The summed E-state index contributed by atoms with van der Waals surface area (Å²) in [5.41, 5.74) is 0.885. The first kappa shape index (κ1) is 12.8. The molecule has 0 fully saturated rings. The molecule has 0 unspecified atom stereocenters. The molecule has 0 saturated carbocycles. The van der Waals surface area contributed by atoms with Crippen molar-refractivity contribution < 1.29 is 0 Å². The van der Waals surface area contributed by atoms with Gasteiger partial charge in [-0.3, -0.25) is 5.10 Å². The average molecular weight is 333 g/mol. The third kappa shape index (κ3) is 2.61. The van der Waals surface area contributed by atoms with Crippen LogP contribution in [0.3, 0.4) is 0 Å². The zero-order chi connectivity index (χ0) is 12.4. The molecule has 2 aromatic rings. The van der Waals surface area contributed by atoms with Gasteiger partial charge in [-0.2, -0.15) is 5.10 Å². The van der Waals surface area contributed by atoms with Crippen LogP contribution in [-0.2, 0) is 6.54 Å². The topological polar surface area (TPSA) is 33.6 Å². The first-order valence-corrected chi connectivity index (χ1v) is 6.82. The Kier molecular flexibility index (Phi) is 4.01. The van der Waals surface area contributed by atoms with E-state index in [2.05, 4.69) is 33.1 Å². The third-order valence-corrected chi connectivity index (χ3v) is 3.50. The molecule has 1 N–H and O–H groups in total. The predicted molar refractivity (Wildman–Crippen MR) is 75.8 cm³/mol. The van der Waals surface area contributed by atoms with Crippen molar-refractivity contribution in [3.8, 4) is 11.4 Å². The number of hydrogen-bond acceptors (Lipinski definition) is 2. The van der Waals surface area contributed by atoms with E-state index in [-0.39, 0.29) is 0 Å². The number of nitrogens with zero attached hydrogens (tertiary/aromatic N) is 2. The minimum Gasteiger partial charge on any atom is -0.300 e. The molecule has 0 atom stereocenters. The highest BCUT2D eigenvalue weighted by Gasteiger charge is 2.11. The highest BCUT2D eigenvalue weighted by atomic mass is 79.9. The van der Waals surface area contributed by atoms with Crippen LogP contribution in [0.5, 0.6) is 0 Å². The second-order valence-corrected chi connectivity index (χ2v) is 5.34. The van der Waals surface area contributed by atoms with Gasteiger partial charge in [0.15, 0.2) is 10.6 Å². The molecule has 0 saturated heterocycles. The summed E-state index contributed by atoms with van der Waals surface area (Å²) in [6, 6.07) is 5.73. The quantitative estimate of drug-likeness (QED) is 0.843. The molecule has 1 aromatic heterocycles. The van der Waals surface area contributed by atoms with Crippen LogP contribution in [-0.4, -0.2) is 14.8 Å². The Morgan fingerprint density at radius 2 is 2.29 bits per heavy atom. The molecule has 17 heavy (non-hydrogen) atoms. The summed E-state index contributed by atoms with van der Waals surface area (Å²) >= 11 is 14.8. The van der Waals surface area contributed by atoms with Crippen LogP contribution in [0.1, 0.15) is 13.3 Å². The maximum absolute atomic E-state index is 6.21. The molecule has 90 valence electrons. The average Bonchev–Trinajstić information content (AvgIpc) is 2.62. The van der Waals surface area contributed by atoms with Crippen LogP contribution in [0.4, 0.5) is 0 Å². The molecular weight excluding hydrogens is 322 g/mol. The maximum Gasteiger partial charge on any atom is 0.195 e. The summed E-state index contributed by atoms with van der Waals surface area (Å²) in [6.07, 6.45) is 0.995. The normalized spacial score (nSPS) is 10.8. The van der Waals surface area contributed by atoms with Gasteiger partial charge in [-0.05, 0) is 36.8 Å². The molecule has 3 nitrogen and oxygen atoms in total. The molecule has 0 aliphatic rings. The van der Waals surface area contributed by atoms with Crippen LogP contribution in [0.15, 0.2) is 22.7 Å². The lowest BCUT2D eigenvalue weighted by Gasteiger charge is -2.07. The summed E-state index contributed by atoms with van der Waals surface area (Å²) in [7, 11) is 0. The van der Waals surface area contributed by atoms with Crippen LogP contribution in [0, 0.1) is 4.77 Å². The number of aromatic amines is 1. The number of rotatable bonds is 3. The van der Waals surface area contributed by atoms with Gasteiger partial charge in [0.2, 0.25) is 0 Å². The van der Waals surface area contributed by atoms with Gasteiger partial charge in [0, 0.05) is 16.6 Å². The summed E-state index contributed by atoms with van der Waals surface area (Å²) in [5, 5.41) is 7.71. The predicted octanol–water partition coefficient (Wildman–Crippen LogP) is 4.43. The van der Waals surface area contributed by atoms with Crippen molar-refractivity contribution in [1.29, 1.82) is 0 Å². The van der Waals surface area contributed by atoms with Crippen molar-refractivity contribution in [1.82, 2.24) is 14.8 Å². The van der Waals surface area contributed by atoms with Crippen molar-refractivity contribution in [2.45, 2.75) is 19.9 Å². The molecule has 6 heteroatoms. The molecule has 0 aliphatic carbocycles. The standard InChI is InChI=1S/C11H11BrClN3S/c1-2-5-16-10(14-15-11(16)17)8-4-3-7(12)6-9(8)13/h3-4,6H,2,5H2,1H3,(H,15,17). The zero-order valence-electron chi connectivity index (χ0n) is 9.20. The second kappa shape index (κ2) is 5.33. The van der Waals surface area contributed by atoms with Gasteiger partial charge in [0.25, 0.3) is 0 Å². The van der Waals surface area contributed by atoms with E-state index in [1.165, 1.54) is 0 Å². The van der Waals surface area contributed by atoms with E-state index in [0.717, 1.165) is 28.8 Å². The molecule has 0 amide bonds. The lowest BCUT2D eigenvalue weighted by Crippen LogP contribution is -2.00. The Bertz CT molecular complexity index is 591. The molecule has 0 aliphatic heterocycles. The van der Waals surface area contributed by atoms with E-state index in [4.69, 9.17) is 23.8 Å². The van der Waals surface area contributed by atoms with Crippen molar-refractivity contribution in [3.05, 3.63) is 32.5 Å². The van der Waals surface area contributed by atoms with E-state index in [0.29, 0.717) is 9.79 Å². The molecule has 0 radical (unpaired) electrons. The van der Waals surface area contributed by atoms with E-state index in [9.17, 15) is 0 Å². The Balaban J connectivity index is 2.56. The smallest absolute Gasteiger partial charge is 0.195 e. The zero-order valence-corrected chi connectivity index (χ0v) is 12.4. The van der Waals surface area contributed by atoms with Gasteiger partial charge < -0.3 is 4.57 Å². The van der Waals surface area contributed by atoms with E-state index < -0.39 is 0 Å². The summed E-state index contributed by atoms with van der Waals surface area (Å²) < 4.78 is 3.54. The van der Waals surface area contributed by atoms with Crippen LogP contribution in [0.25, 0.3) is 11.4 Å². The van der Waals surface area contributed by atoms with Crippen molar-refractivity contribution in [3.63, 3.8) is 0 Å². The monoisotopic (exact) mass is 331 g/mol. The lowest BCUT2D eigenvalue weighted by atomic mass is 10.2. The van der Waals surface area contributed by atoms with Gasteiger partial charge in [-0.1, -0.05) is 34.5 Å². The summed E-state index contributed by atoms with van der Waals surface area (Å²) in [4.78, 5) is 0. The largest absolute Gasteiger partial charge is 0.300 e. The number of nitrogens with one attached hydrogen (secondary N) is 1. The van der Waals surface area contributed by atoms with E-state index in [1.54, 1.807) is 0 Å². The molecule has 0 spiro atoms. The first-order valence-electron chi connectivity index (χ1n) is 5.24. The molecule has 1 aromatic carbocycles.